The molecule has 162 valence electrons. The van der Waals surface area contributed by atoms with Crippen LogP contribution in [0.5, 0.6) is 11.5 Å². The van der Waals surface area contributed by atoms with Gasteiger partial charge in [-0.3, -0.25) is 9.69 Å². The highest BCUT2D eigenvalue weighted by atomic mass is 32.2. The summed E-state index contributed by atoms with van der Waals surface area (Å²) in [7, 11) is 1.30. The number of hydrogen-bond donors (Lipinski definition) is 0. The quantitative estimate of drug-likeness (QED) is 0.340. The van der Waals surface area contributed by atoms with Gasteiger partial charge in [-0.15, -0.1) is 0 Å². The van der Waals surface area contributed by atoms with Crippen molar-refractivity contribution in [1.29, 1.82) is 0 Å². The number of nitrogens with zero attached hydrogens (tertiary/aromatic N) is 1. The fourth-order valence-corrected chi connectivity index (χ4v) is 4.37. The normalized spacial score (nSPS) is 14.8. The minimum atomic E-state index is -0.485. The summed E-state index contributed by atoms with van der Waals surface area (Å²) in [6, 6.07) is 11.2. The van der Waals surface area contributed by atoms with Gasteiger partial charge in [-0.2, -0.15) is 0 Å². The average Bonchev–Trinajstić information content (AvgIpc) is 3.00. The zero-order chi connectivity index (χ0) is 22.5. The van der Waals surface area contributed by atoms with Crippen molar-refractivity contribution in [2.24, 2.45) is 0 Å². The molecule has 2 aromatic carbocycles. The van der Waals surface area contributed by atoms with Crippen LogP contribution in [-0.4, -0.2) is 36.5 Å². The van der Waals surface area contributed by atoms with Crippen LogP contribution in [0.3, 0.4) is 0 Å². The third-order valence-corrected chi connectivity index (χ3v) is 5.83. The van der Waals surface area contributed by atoms with Crippen LogP contribution in [0.25, 0.3) is 6.08 Å². The monoisotopic (exact) mass is 457 g/mol. The second kappa shape index (κ2) is 9.98. The molecule has 1 fully saturated rings. The summed E-state index contributed by atoms with van der Waals surface area (Å²) in [5.74, 6) is 0.254. The highest BCUT2D eigenvalue weighted by Gasteiger charge is 2.34. The van der Waals surface area contributed by atoms with Crippen LogP contribution in [0.1, 0.15) is 23.6 Å². The number of carbonyl (C=O) groups excluding carboxylic acids is 2. The molecule has 0 aliphatic carbocycles. The lowest BCUT2D eigenvalue weighted by atomic mass is 10.1. The maximum absolute atomic E-state index is 13.1. The van der Waals surface area contributed by atoms with Crippen LogP contribution in [-0.2, 0) is 14.3 Å². The van der Waals surface area contributed by atoms with Crippen molar-refractivity contribution in [1.82, 2.24) is 0 Å². The first-order chi connectivity index (χ1) is 14.8. The summed E-state index contributed by atoms with van der Waals surface area (Å²) in [4.78, 5) is 26.5. The molecule has 6 nitrogen and oxygen atoms in total. The number of carbonyl (C=O) groups is 2. The molecule has 0 unspecified atom stereocenters. The SMILES string of the molecule is CCOc1cc(/C=C2\SC(=S)N(c3ccc(C)cc3C)C2=O)ccc1OCC(=O)OC. The van der Waals surface area contributed by atoms with Gasteiger partial charge in [0.25, 0.3) is 5.91 Å². The Morgan fingerprint density at radius 1 is 1.13 bits per heavy atom. The van der Waals surface area contributed by atoms with E-state index in [1.807, 2.05) is 39.0 Å². The van der Waals surface area contributed by atoms with Crippen LogP contribution in [0.2, 0.25) is 0 Å². The summed E-state index contributed by atoms with van der Waals surface area (Å²) in [5, 5.41) is 0. The number of thioether (sulfide) groups is 1. The molecule has 0 N–H and O–H groups in total. The molecule has 0 radical (unpaired) electrons. The number of hydrogen-bond acceptors (Lipinski definition) is 7. The maximum atomic E-state index is 13.1. The molecular weight excluding hydrogens is 434 g/mol. The lowest BCUT2D eigenvalue weighted by Gasteiger charge is -2.17. The van der Waals surface area contributed by atoms with Crippen LogP contribution < -0.4 is 14.4 Å². The number of thiocarbonyl (C=S) groups is 1. The Morgan fingerprint density at radius 3 is 2.58 bits per heavy atom. The zero-order valence-corrected chi connectivity index (χ0v) is 19.4. The molecule has 1 heterocycles. The van der Waals surface area contributed by atoms with E-state index in [-0.39, 0.29) is 12.5 Å². The fraction of sp³-hybridized carbons (Fsp3) is 0.261. The molecule has 0 spiro atoms. The molecule has 0 saturated carbocycles. The minimum Gasteiger partial charge on any atom is -0.490 e. The lowest BCUT2D eigenvalue weighted by Crippen LogP contribution is -2.28. The van der Waals surface area contributed by atoms with Gasteiger partial charge in [-0.05, 0) is 56.2 Å². The summed E-state index contributed by atoms with van der Waals surface area (Å²) < 4.78 is 16.2. The smallest absolute Gasteiger partial charge is 0.343 e. The van der Waals surface area contributed by atoms with Crippen molar-refractivity contribution in [2.45, 2.75) is 20.8 Å². The fourth-order valence-electron chi connectivity index (χ4n) is 3.08. The molecule has 1 saturated heterocycles. The van der Waals surface area contributed by atoms with Crippen LogP contribution in [0.4, 0.5) is 5.69 Å². The van der Waals surface area contributed by atoms with Crippen molar-refractivity contribution in [3.63, 3.8) is 0 Å². The van der Waals surface area contributed by atoms with Crippen molar-refractivity contribution in [3.05, 3.63) is 58.0 Å². The van der Waals surface area contributed by atoms with E-state index in [0.717, 1.165) is 22.4 Å². The first kappa shape index (κ1) is 22.8. The Kier molecular flexibility index (Phi) is 7.35. The van der Waals surface area contributed by atoms with E-state index in [0.29, 0.717) is 27.3 Å². The molecule has 0 aromatic heterocycles. The van der Waals surface area contributed by atoms with Gasteiger partial charge in [0.05, 0.1) is 24.3 Å². The topological polar surface area (TPSA) is 65.1 Å². The molecule has 0 bridgehead atoms. The van der Waals surface area contributed by atoms with E-state index < -0.39 is 5.97 Å². The van der Waals surface area contributed by atoms with Crippen molar-refractivity contribution < 1.29 is 23.8 Å². The Bertz CT molecular complexity index is 1060. The number of anilines is 1. The molecule has 31 heavy (non-hydrogen) atoms. The number of methoxy groups -OCH3 is 1. The van der Waals surface area contributed by atoms with Gasteiger partial charge in [-0.1, -0.05) is 47.7 Å². The third kappa shape index (κ3) is 5.26. The maximum Gasteiger partial charge on any atom is 0.343 e. The zero-order valence-electron chi connectivity index (χ0n) is 17.8. The molecule has 0 atom stereocenters. The number of benzene rings is 2. The number of esters is 1. The minimum absolute atomic E-state index is 0.161. The summed E-state index contributed by atoms with van der Waals surface area (Å²) in [6.07, 6.45) is 1.77. The summed E-state index contributed by atoms with van der Waals surface area (Å²) in [6.45, 7) is 6.03. The van der Waals surface area contributed by atoms with Crippen LogP contribution >= 0.6 is 24.0 Å². The highest BCUT2D eigenvalue weighted by Crippen LogP contribution is 2.38. The number of ether oxygens (including phenoxy) is 3. The van der Waals surface area contributed by atoms with Gasteiger partial charge in [0.2, 0.25) is 0 Å². The number of aryl methyl sites for hydroxylation is 2. The second-order valence-corrected chi connectivity index (χ2v) is 8.49. The van der Waals surface area contributed by atoms with Crippen LogP contribution in [0.15, 0.2) is 41.3 Å². The molecule has 3 rings (SSSR count). The molecule has 1 aliphatic heterocycles. The first-order valence-electron chi connectivity index (χ1n) is 9.65. The van der Waals surface area contributed by atoms with Crippen LogP contribution in [0, 0.1) is 13.8 Å². The highest BCUT2D eigenvalue weighted by molar-refractivity contribution is 8.27. The Hall–Kier alpha value is -2.84. The Balaban J connectivity index is 1.87. The first-order valence-corrected chi connectivity index (χ1v) is 10.9. The second-order valence-electron chi connectivity index (χ2n) is 6.81. The Labute approximate surface area is 191 Å². The van der Waals surface area contributed by atoms with E-state index in [1.54, 1.807) is 29.2 Å². The van der Waals surface area contributed by atoms with Gasteiger partial charge in [-0.25, -0.2) is 4.79 Å². The molecule has 1 amide bonds. The molecular formula is C23H23NO5S2. The van der Waals surface area contributed by atoms with Gasteiger partial charge < -0.3 is 14.2 Å². The van der Waals surface area contributed by atoms with Gasteiger partial charge in [0.1, 0.15) is 0 Å². The predicted molar refractivity (Wildman–Crippen MR) is 127 cm³/mol. The van der Waals surface area contributed by atoms with E-state index in [4.69, 9.17) is 21.7 Å². The molecule has 8 heteroatoms. The van der Waals surface area contributed by atoms with Gasteiger partial charge in [0, 0.05) is 0 Å². The van der Waals surface area contributed by atoms with Crippen molar-refractivity contribution >= 4 is 51.9 Å². The average molecular weight is 458 g/mol. The van der Waals surface area contributed by atoms with Crippen molar-refractivity contribution in [3.8, 4) is 11.5 Å². The van der Waals surface area contributed by atoms with Crippen molar-refractivity contribution in [2.75, 3.05) is 25.2 Å². The van der Waals surface area contributed by atoms with E-state index in [2.05, 4.69) is 4.74 Å². The van der Waals surface area contributed by atoms with Gasteiger partial charge >= 0.3 is 5.97 Å². The number of amides is 1. The van der Waals surface area contributed by atoms with E-state index in [1.165, 1.54) is 18.9 Å². The third-order valence-electron chi connectivity index (χ3n) is 4.53. The standard InChI is InChI=1S/C23H23NO5S2/c1-5-28-19-11-16(7-9-18(19)29-13-21(25)27-4)12-20-22(26)24(23(30)31-20)17-8-6-14(2)10-15(17)3/h6-12H,5,13H2,1-4H3/b20-12-. The molecule has 1 aliphatic rings. The lowest BCUT2D eigenvalue weighted by molar-refractivity contribution is -0.142. The van der Waals surface area contributed by atoms with E-state index >= 15 is 0 Å². The van der Waals surface area contributed by atoms with Gasteiger partial charge in [0.15, 0.2) is 22.4 Å². The predicted octanol–water partition coefficient (Wildman–Crippen LogP) is 4.66. The Morgan fingerprint density at radius 2 is 1.90 bits per heavy atom. The number of rotatable bonds is 7. The van der Waals surface area contributed by atoms with E-state index in [9.17, 15) is 9.59 Å². The summed E-state index contributed by atoms with van der Waals surface area (Å²) in [5.41, 5.74) is 3.66. The molecule has 2 aromatic rings. The largest absolute Gasteiger partial charge is 0.490 e. The summed E-state index contributed by atoms with van der Waals surface area (Å²) >= 11 is 6.74.